The van der Waals surface area contributed by atoms with Gasteiger partial charge in [0, 0.05) is 25.0 Å². The van der Waals surface area contributed by atoms with Gasteiger partial charge in [0.25, 0.3) is 0 Å². The van der Waals surface area contributed by atoms with Crippen LogP contribution in [0.3, 0.4) is 0 Å². The smallest absolute Gasteiger partial charge is 0.245 e. The number of pyridine rings is 1. The Morgan fingerprint density at radius 2 is 2.24 bits per heavy atom. The molecule has 0 aliphatic rings. The van der Waals surface area contributed by atoms with Crippen LogP contribution in [0.4, 0.5) is 0 Å². The number of nitrogens with one attached hydrogen (secondary N) is 2. The summed E-state index contributed by atoms with van der Waals surface area (Å²) in [7, 11) is -3.80. The second-order valence-electron chi connectivity index (χ2n) is 3.62. The van der Waals surface area contributed by atoms with Gasteiger partial charge in [-0.2, -0.15) is 0 Å². The summed E-state index contributed by atoms with van der Waals surface area (Å²) >= 11 is 0. The first-order valence-corrected chi connectivity index (χ1v) is 6.80. The number of aliphatic hydroxyl groups excluding tert-OH is 1. The number of aromatic amines is 1. The zero-order chi connectivity index (χ0) is 12.9. The second-order valence-corrected chi connectivity index (χ2v) is 5.36. The third kappa shape index (κ3) is 3.95. The average Bonchev–Trinajstić information content (AvgIpc) is 2.28. The maximum Gasteiger partial charge on any atom is 0.245 e. The minimum Gasteiger partial charge on any atom is -0.393 e. The molecule has 1 aromatic rings. The van der Waals surface area contributed by atoms with E-state index in [2.05, 4.69) is 9.71 Å². The summed E-state index contributed by atoms with van der Waals surface area (Å²) in [5.74, 6) is 0. The van der Waals surface area contributed by atoms with E-state index in [1.54, 1.807) is 6.92 Å². The van der Waals surface area contributed by atoms with E-state index in [0.29, 0.717) is 12.8 Å². The predicted octanol–water partition coefficient (Wildman–Crippen LogP) is -0.186. The zero-order valence-electron chi connectivity index (χ0n) is 9.51. The van der Waals surface area contributed by atoms with Gasteiger partial charge in [0.2, 0.25) is 15.5 Å². The fraction of sp³-hybridized carbons (Fsp3) is 0.500. The largest absolute Gasteiger partial charge is 0.393 e. The summed E-state index contributed by atoms with van der Waals surface area (Å²) in [6.45, 7) is 1.91. The molecule has 0 bridgehead atoms. The molecule has 7 heteroatoms. The summed E-state index contributed by atoms with van der Waals surface area (Å²) in [6, 6.07) is 1.15. The monoisotopic (exact) mass is 260 g/mol. The Morgan fingerprint density at radius 3 is 2.82 bits per heavy atom. The molecule has 0 saturated heterocycles. The highest BCUT2D eigenvalue weighted by Gasteiger charge is 2.17. The normalized spacial score (nSPS) is 13.5. The van der Waals surface area contributed by atoms with E-state index >= 15 is 0 Å². The van der Waals surface area contributed by atoms with Gasteiger partial charge in [0.1, 0.15) is 4.90 Å². The van der Waals surface area contributed by atoms with Crippen molar-refractivity contribution in [2.75, 3.05) is 6.54 Å². The molecule has 0 saturated carbocycles. The molecular weight excluding hydrogens is 244 g/mol. The maximum absolute atomic E-state index is 11.7. The Hall–Kier alpha value is -1.18. The molecule has 1 unspecified atom stereocenters. The maximum atomic E-state index is 11.7. The van der Waals surface area contributed by atoms with E-state index in [0.717, 1.165) is 12.3 Å². The van der Waals surface area contributed by atoms with Gasteiger partial charge in [0.15, 0.2) is 0 Å². The van der Waals surface area contributed by atoms with Gasteiger partial charge < -0.3 is 10.1 Å². The standard InChI is InChI=1S/C10H16N2O4S/c1-2-8(13)3-6-12-17(15,16)10-7-11-5-4-9(10)14/h4-5,7-8,12-13H,2-3,6H2,1H3,(H,11,14). The fourth-order valence-electron chi connectivity index (χ4n) is 1.25. The molecule has 0 spiro atoms. The first-order chi connectivity index (χ1) is 7.97. The topological polar surface area (TPSA) is 99.3 Å². The molecule has 96 valence electrons. The van der Waals surface area contributed by atoms with Crippen LogP contribution in [0.2, 0.25) is 0 Å². The first kappa shape index (κ1) is 13.9. The van der Waals surface area contributed by atoms with Crippen molar-refractivity contribution in [3.63, 3.8) is 0 Å². The van der Waals surface area contributed by atoms with Crippen LogP contribution in [0.5, 0.6) is 0 Å². The lowest BCUT2D eigenvalue weighted by Crippen LogP contribution is -2.30. The molecule has 1 atom stereocenters. The van der Waals surface area contributed by atoms with E-state index in [9.17, 15) is 18.3 Å². The Labute approximate surface area is 99.7 Å². The van der Waals surface area contributed by atoms with Gasteiger partial charge >= 0.3 is 0 Å². The van der Waals surface area contributed by atoms with E-state index in [4.69, 9.17) is 0 Å². The highest BCUT2D eigenvalue weighted by Crippen LogP contribution is 2.01. The molecule has 3 N–H and O–H groups in total. The summed E-state index contributed by atoms with van der Waals surface area (Å²) < 4.78 is 25.7. The van der Waals surface area contributed by atoms with Crippen LogP contribution in [0.25, 0.3) is 0 Å². The van der Waals surface area contributed by atoms with Crippen molar-refractivity contribution in [2.45, 2.75) is 30.8 Å². The third-order valence-electron chi connectivity index (χ3n) is 2.32. The fourth-order valence-corrected chi connectivity index (χ4v) is 2.35. The van der Waals surface area contributed by atoms with Crippen LogP contribution in [-0.2, 0) is 10.0 Å². The molecular formula is C10H16N2O4S. The molecule has 1 aromatic heterocycles. The van der Waals surface area contributed by atoms with Crippen LogP contribution >= 0.6 is 0 Å². The number of hydrogen-bond acceptors (Lipinski definition) is 4. The predicted molar refractivity (Wildman–Crippen MR) is 63.2 cm³/mol. The number of H-pyrrole nitrogens is 1. The van der Waals surface area contributed by atoms with Crippen molar-refractivity contribution in [1.82, 2.24) is 9.71 Å². The van der Waals surface area contributed by atoms with Gasteiger partial charge in [0.05, 0.1) is 6.10 Å². The second kappa shape index (κ2) is 5.95. The van der Waals surface area contributed by atoms with Crippen LogP contribution in [0, 0.1) is 0 Å². The van der Waals surface area contributed by atoms with Crippen LogP contribution < -0.4 is 10.2 Å². The molecule has 0 radical (unpaired) electrons. The van der Waals surface area contributed by atoms with Gasteiger partial charge in [-0.25, -0.2) is 13.1 Å². The first-order valence-electron chi connectivity index (χ1n) is 5.32. The van der Waals surface area contributed by atoms with Crippen molar-refractivity contribution in [1.29, 1.82) is 0 Å². The van der Waals surface area contributed by atoms with Gasteiger partial charge in [-0.3, -0.25) is 4.79 Å². The van der Waals surface area contributed by atoms with Gasteiger partial charge in [-0.1, -0.05) is 6.92 Å². The van der Waals surface area contributed by atoms with E-state index < -0.39 is 21.6 Å². The molecule has 0 amide bonds. The average molecular weight is 260 g/mol. The van der Waals surface area contributed by atoms with E-state index in [1.807, 2.05) is 0 Å². The van der Waals surface area contributed by atoms with Crippen molar-refractivity contribution in [3.8, 4) is 0 Å². The zero-order valence-corrected chi connectivity index (χ0v) is 10.3. The Balaban J connectivity index is 2.71. The number of hydrogen-bond donors (Lipinski definition) is 3. The van der Waals surface area contributed by atoms with Crippen molar-refractivity contribution in [2.24, 2.45) is 0 Å². The van der Waals surface area contributed by atoms with E-state index in [1.165, 1.54) is 6.20 Å². The molecule has 0 fully saturated rings. The van der Waals surface area contributed by atoms with Crippen molar-refractivity contribution in [3.05, 3.63) is 28.7 Å². The Bertz CT molecular complexity index is 509. The van der Waals surface area contributed by atoms with Gasteiger partial charge in [-0.15, -0.1) is 0 Å². The molecule has 0 aliphatic carbocycles. The number of aliphatic hydroxyl groups is 1. The van der Waals surface area contributed by atoms with Crippen LogP contribution in [0.15, 0.2) is 28.2 Å². The molecule has 1 heterocycles. The third-order valence-corrected chi connectivity index (χ3v) is 3.80. The lowest BCUT2D eigenvalue weighted by Gasteiger charge is -2.08. The summed E-state index contributed by atoms with van der Waals surface area (Å²) in [6.07, 6.45) is 2.85. The van der Waals surface area contributed by atoms with Gasteiger partial charge in [-0.05, 0) is 12.8 Å². The highest BCUT2D eigenvalue weighted by molar-refractivity contribution is 7.89. The molecule has 1 rings (SSSR count). The quantitative estimate of drug-likeness (QED) is 0.660. The van der Waals surface area contributed by atoms with Crippen LogP contribution in [0.1, 0.15) is 19.8 Å². The number of aromatic nitrogens is 1. The summed E-state index contributed by atoms with van der Waals surface area (Å²) in [5, 5.41) is 9.28. The van der Waals surface area contributed by atoms with Crippen molar-refractivity contribution < 1.29 is 13.5 Å². The van der Waals surface area contributed by atoms with E-state index in [-0.39, 0.29) is 11.4 Å². The Morgan fingerprint density at radius 1 is 1.53 bits per heavy atom. The lowest BCUT2D eigenvalue weighted by molar-refractivity contribution is 0.162. The van der Waals surface area contributed by atoms with Crippen LogP contribution in [-0.4, -0.2) is 31.2 Å². The SMILES string of the molecule is CCC(O)CCNS(=O)(=O)c1c[nH]ccc1=O. The summed E-state index contributed by atoms with van der Waals surface area (Å²) in [5.41, 5.74) is -0.563. The molecule has 6 nitrogen and oxygen atoms in total. The van der Waals surface area contributed by atoms with Crippen molar-refractivity contribution >= 4 is 10.0 Å². The lowest BCUT2D eigenvalue weighted by atomic mass is 10.2. The number of rotatable bonds is 6. The molecule has 17 heavy (non-hydrogen) atoms. The molecule has 0 aliphatic heterocycles. The summed E-state index contributed by atoms with van der Waals surface area (Å²) in [4.78, 5) is 13.6. The molecule has 0 aromatic carbocycles. The minimum absolute atomic E-state index is 0.103. The Kier molecular flexibility index (Phi) is 4.86. The number of sulfonamides is 1. The highest BCUT2D eigenvalue weighted by atomic mass is 32.2. The minimum atomic E-state index is -3.80.